The number of alkyl halides is 5. The van der Waals surface area contributed by atoms with Crippen molar-refractivity contribution >= 4 is 0 Å². The van der Waals surface area contributed by atoms with Crippen molar-refractivity contribution in [1.82, 2.24) is 4.90 Å². The van der Waals surface area contributed by atoms with Gasteiger partial charge < -0.3 is 5.11 Å². The van der Waals surface area contributed by atoms with Crippen LogP contribution >= 0.6 is 0 Å². The molecule has 0 radical (unpaired) electrons. The topological polar surface area (TPSA) is 23.5 Å². The van der Waals surface area contributed by atoms with Gasteiger partial charge >= 0.3 is 6.18 Å². The van der Waals surface area contributed by atoms with Crippen molar-refractivity contribution in [1.29, 1.82) is 0 Å². The molecule has 2 aliphatic rings. The van der Waals surface area contributed by atoms with E-state index < -0.39 is 36.7 Å². The summed E-state index contributed by atoms with van der Waals surface area (Å²) in [6, 6.07) is -1.02. The minimum absolute atomic E-state index is 0.0692. The third-order valence-electron chi connectivity index (χ3n) is 4.10. The Kier molecular flexibility index (Phi) is 4.07. The molecule has 2 rings (SSSR count). The predicted molar refractivity (Wildman–Crippen MR) is 58.9 cm³/mol. The summed E-state index contributed by atoms with van der Waals surface area (Å²) in [6.07, 6.45) is -5.45. The second-order valence-electron chi connectivity index (χ2n) is 5.61. The summed E-state index contributed by atoms with van der Waals surface area (Å²) in [5.41, 5.74) is 0. The maximum Gasteiger partial charge on any atom is 0.393 e. The number of piperidine rings is 1. The quantitative estimate of drug-likeness (QED) is 0.750. The first kappa shape index (κ1) is 15.0. The van der Waals surface area contributed by atoms with Gasteiger partial charge in [-0.15, -0.1) is 0 Å². The van der Waals surface area contributed by atoms with Gasteiger partial charge in [-0.05, 0) is 32.2 Å². The summed E-state index contributed by atoms with van der Waals surface area (Å²) in [4.78, 5) is 1.23. The van der Waals surface area contributed by atoms with Gasteiger partial charge in [-0.25, -0.2) is 8.78 Å². The van der Waals surface area contributed by atoms with E-state index in [2.05, 4.69) is 0 Å². The first-order valence-corrected chi connectivity index (χ1v) is 6.56. The zero-order valence-corrected chi connectivity index (χ0v) is 10.5. The van der Waals surface area contributed by atoms with Crippen LogP contribution in [-0.2, 0) is 0 Å². The predicted octanol–water partition coefficient (Wildman–Crippen LogP) is 2.81. The number of rotatable bonds is 1. The van der Waals surface area contributed by atoms with Crippen LogP contribution in [0.3, 0.4) is 0 Å². The molecule has 3 unspecified atom stereocenters. The molecule has 0 spiro atoms. The molecule has 0 aromatic rings. The van der Waals surface area contributed by atoms with Gasteiger partial charge in [0.15, 0.2) is 0 Å². The number of aliphatic hydroxyl groups excluding tert-OH is 1. The highest BCUT2D eigenvalue weighted by Crippen LogP contribution is 2.42. The lowest BCUT2D eigenvalue weighted by molar-refractivity contribution is -0.212. The first-order chi connectivity index (χ1) is 8.69. The maximum atomic E-state index is 13.3. The highest BCUT2D eigenvalue weighted by Gasteiger charge is 2.51. The SMILES string of the molecule is OC1CCC(C(F)(F)F)C(N2CCCC(F)(F)C2)C1. The van der Waals surface area contributed by atoms with Crippen molar-refractivity contribution in [2.75, 3.05) is 13.1 Å². The molecule has 1 saturated carbocycles. The van der Waals surface area contributed by atoms with Gasteiger partial charge in [-0.2, -0.15) is 13.2 Å². The molecule has 1 aliphatic heterocycles. The Hall–Kier alpha value is -0.430. The fraction of sp³-hybridized carbons (Fsp3) is 1.00. The van der Waals surface area contributed by atoms with E-state index in [1.165, 1.54) is 4.90 Å². The monoisotopic (exact) mass is 287 g/mol. The standard InChI is InChI=1S/C12H18F5NO/c13-11(14)4-1-5-18(7-11)10-6-8(19)2-3-9(10)12(15,16)17/h8-10,19H,1-7H2. The summed E-state index contributed by atoms with van der Waals surface area (Å²) in [7, 11) is 0. The molecule has 3 atom stereocenters. The summed E-state index contributed by atoms with van der Waals surface area (Å²) in [5, 5.41) is 9.54. The number of halogens is 5. The molecule has 112 valence electrons. The maximum absolute atomic E-state index is 13.3. The minimum atomic E-state index is -4.39. The lowest BCUT2D eigenvalue weighted by Gasteiger charge is -2.45. The first-order valence-electron chi connectivity index (χ1n) is 6.56. The largest absolute Gasteiger partial charge is 0.393 e. The lowest BCUT2D eigenvalue weighted by Crippen LogP contribution is -2.55. The van der Waals surface area contributed by atoms with Crippen LogP contribution in [0.25, 0.3) is 0 Å². The van der Waals surface area contributed by atoms with Crippen LogP contribution in [0, 0.1) is 5.92 Å². The third kappa shape index (κ3) is 3.56. The third-order valence-corrected chi connectivity index (χ3v) is 4.10. The Bertz CT molecular complexity index is 320. The number of nitrogens with zero attached hydrogens (tertiary/aromatic N) is 1. The average Bonchev–Trinajstić information content (AvgIpc) is 2.25. The molecule has 2 nitrogen and oxygen atoms in total. The second-order valence-corrected chi connectivity index (χ2v) is 5.61. The van der Waals surface area contributed by atoms with E-state index in [4.69, 9.17) is 0 Å². The van der Waals surface area contributed by atoms with Gasteiger partial charge in [0.1, 0.15) is 0 Å². The average molecular weight is 287 g/mol. The molecule has 0 bridgehead atoms. The van der Waals surface area contributed by atoms with Crippen LogP contribution in [-0.4, -0.2) is 47.3 Å². The lowest BCUT2D eigenvalue weighted by atomic mass is 9.80. The summed E-state index contributed by atoms with van der Waals surface area (Å²) < 4.78 is 65.6. The molecule has 2 fully saturated rings. The van der Waals surface area contributed by atoms with Gasteiger partial charge in [0, 0.05) is 12.5 Å². The van der Waals surface area contributed by atoms with E-state index in [0.717, 1.165) is 0 Å². The van der Waals surface area contributed by atoms with E-state index in [1.807, 2.05) is 0 Å². The number of hydrogen-bond donors (Lipinski definition) is 1. The molecule has 1 saturated heterocycles. The van der Waals surface area contributed by atoms with Gasteiger partial charge in [0.25, 0.3) is 5.92 Å². The molecule has 0 aromatic heterocycles. The summed E-state index contributed by atoms with van der Waals surface area (Å²) in [6.45, 7) is -0.378. The van der Waals surface area contributed by atoms with Crippen LogP contribution in [0.1, 0.15) is 32.1 Å². The van der Waals surface area contributed by atoms with Crippen LogP contribution in [0.2, 0.25) is 0 Å². The van der Waals surface area contributed by atoms with Gasteiger partial charge in [-0.3, -0.25) is 4.90 Å². The van der Waals surface area contributed by atoms with Crippen molar-refractivity contribution in [3.05, 3.63) is 0 Å². The van der Waals surface area contributed by atoms with Gasteiger partial charge in [-0.1, -0.05) is 0 Å². The van der Waals surface area contributed by atoms with Crippen molar-refractivity contribution < 1.29 is 27.1 Å². The molecule has 7 heteroatoms. The highest BCUT2D eigenvalue weighted by molar-refractivity contribution is 4.93. The van der Waals surface area contributed by atoms with E-state index in [0.29, 0.717) is 0 Å². The second kappa shape index (κ2) is 5.16. The molecule has 1 aliphatic carbocycles. The smallest absolute Gasteiger partial charge is 0.393 e. The fourth-order valence-electron chi connectivity index (χ4n) is 3.19. The molecule has 0 aromatic carbocycles. The summed E-state index contributed by atoms with van der Waals surface area (Å²) >= 11 is 0. The fourth-order valence-corrected chi connectivity index (χ4v) is 3.19. The van der Waals surface area contributed by atoms with Gasteiger partial charge in [0.05, 0.1) is 18.6 Å². The number of hydrogen-bond acceptors (Lipinski definition) is 2. The molecule has 0 amide bonds. The van der Waals surface area contributed by atoms with E-state index >= 15 is 0 Å². The normalized spacial score (nSPS) is 37.3. The Labute approximate surface area is 108 Å². The Balaban J connectivity index is 2.13. The summed E-state index contributed by atoms with van der Waals surface area (Å²) in [5.74, 6) is -4.53. The molecule has 1 heterocycles. The van der Waals surface area contributed by atoms with E-state index in [9.17, 15) is 27.1 Å². The zero-order valence-electron chi connectivity index (χ0n) is 10.5. The van der Waals surface area contributed by atoms with Crippen LogP contribution < -0.4 is 0 Å². The molecular formula is C12H18F5NO. The molecule has 1 N–H and O–H groups in total. The number of aliphatic hydroxyl groups is 1. The number of likely N-dealkylation sites (tertiary alicyclic amines) is 1. The van der Waals surface area contributed by atoms with Crippen LogP contribution in [0.5, 0.6) is 0 Å². The van der Waals surface area contributed by atoms with Crippen molar-refractivity contribution in [3.63, 3.8) is 0 Å². The Morgan fingerprint density at radius 1 is 1.16 bits per heavy atom. The van der Waals surface area contributed by atoms with E-state index in [-0.39, 0.29) is 38.6 Å². The van der Waals surface area contributed by atoms with Crippen molar-refractivity contribution in [2.24, 2.45) is 5.92 Å². The van der Waals surface area contributed by atoms with Crippen molar-refractivity contribution in [2.45, 2.75) is 56.3 Å². The minimum Gasteiger partial charge on any atom is -0.393 e. The van der Waals surface area contributed by atoms with E-state index in [1.54, 1.807) is 0 Å². The highest BCUT2D eigenvalue weighted by atomic mass is 19.4. The van der Waals surface area contributed by atoms with Gasteiger partial charge in [0.2, 0.25) is 0 Å². The molecular weight excluding hydrogens is 269 g/mol. The zero-order chi connectivity index (χ0) is 14.3. The van der Waals surface area contributed by atoms with Crippen LogP contribution in [0.4, 0.5) is 22.0 Å². The molecule has 19 heavy (non-hydrogen) atoms. The van der Waals surface area contributed by atoms with Crippen LogP contribution in [0.15, 0.2) is 0 Å². The Morgan fingerprint density at radius 3 is 2.42 bits per heavy atom. The Morgan fingerprint density at radius 2 is 1.84 bits per heavy atom. The van der Waals surface area contributed by atoms with Crippen molar-refractivity contribution in [3.8, 4) is 0 Å².